The molecule has 0 saturated carbocycles. The van der Waals surface area contributed by atoms with Gasteiger partial charge in [-0.15, -0.1) is 0 Å². The molecule has 2 heterocycles. The zero-order chi connectivity index (χ0) is 18.1. The molecule has 0 aliphatic carbocycles. The topological polar surface area (TPSA) is 44.3 Å². The maximum absolute atomic E-state index is 6.07. The number of benzene rings is 2. The maximum atomic E-state index is 6.07. The summed E-state index contributed by atoms with van der Waals surface area (Å²) >= 11 is 6.07. The first-order valence-corrected chi connectivity index (χ1v) is 9.21. The van der Waals surface area contributed by atoms with Crippen molar-refractivity contribution in [2.24, 2.45) is 0 Å². The molecule has 4 rings (SSSR count). The zero-order valence-corrected chi connectivity index (χ0v) is 15.8. The third-order valence-corrected chi connectivity index (χ3v) is 5.06. The van der Waals surface area contributed by atoms with Crippen molar-refractivity contribution >= 4 is 40.0 Å². The van der Waals surface area contributed by atoms with E-state index in [-0.39, 0.29) is 0 Å². The predicted octanol–water partition coefficient (Wildman–Crippen LogP) is 4.09. The van der Waals surface area contributed by atoms with E-state index < -0.39 is 0 Å². The number of aryl methyl sites for hydroxylation is 1. The Morgan fingerprint density at radius 1 is 1.00 bits per heavy atom. The van der Waals surface area contributed by atoms with Crippen molar-refractivity contribution in [1.29, 1.82) is 0 Å². The molecule has 6 heteroatoms. The Kier molecular flexibility index (Phi) is 4.66. The number of anilines is 3. The monoisotopic (exact) mass is 367 g/mol. The number of hydrogen-bond acceptors (Lipinski definition) is 5. The van der Waals surface area contributed by atoms with Crippen LogP contribution in [0.1, 0.15) is 5.56 Å². The molecule has 0 bridgehead atoms. The SMILES string of the molecule is Cc1cc(Cl)ccc1Nc1nc(N2CCN(C)CC2)c2ccccc2n1. The number of rotatable bonds is 3. The van der Waals surface area contributed by atoms with Gasteiger partial charge in [0.1, 0.15) is 5.82 Å². The van der Waals surface area contributed by atoms with E-state index in [0.29, 0.717) is 5.95 Å². The lowest BCUT2D eigenvalue weighted by molar-refractivity contribution is 0.312. The molecule has 134 valence electrons. The first kappa shape index (κ1) is 17.1. The normalized spacial score (nSPS) is 15.4. The third kappa shape index (κ3) is 3.45. The van der Waals surface area contributed by atoms with Gasteiger partial charge in [-0.2, -0.15) is 4.98 Å². The standard InChI is InChI=1S/C20H22ClN5/c1-14-13-15(21)7-8-17(14)22-20-23-18-6-4-3-5-16(18)19(24-20)26-11-9-25(2)10-12-26/h3-8,13H,9-12H2,1-2H3,(H,22,23,24). The van der Waals surface area contributed by atoms with Crippen LogP contribution in [0.5, 0.6) is 0 Å². The van der Waals surface area contributed by atoms with Crippen LogP contribution in [0.3, 0.4) is 0 Å². The van der Waals surface area contributed by atoms with Crippen molar-refractivity contribution in [3.63, 3.8) is 0 Å². The number of likely N-dealkylation sites (N-methyl/N-ethyl adjacent to an activating group) is 1. The highest BCUT2D eigenvalue weighted by atomic mass is 35.5. The summed E-state index contributed by atoms with van der Waals surface area (Å²) in [6.45, 7) is 6.04. The van der Waals surface area contributed by atoms with Crippen molar-refractivity contribution in [1.82, 2.24) is 14.9 Å². The van der Waals surface area contributed by atoms with E-state index in [1.807, 2.05) is 43.3 Å². The molecule has 1 aliphatic heterocycles. The van der Waals surface area contributed by atoms with Gasteiger partial charge in [0, 0.05) is 42.3 Å². The minimum atomic E-state index is 0.614. The smallest absolute Gasteiger partial charge is 0.229 e. The average molecular weight is 368 g/mol. The predicted molar refractivity (Wildman–Crippen MR) is 109 cm³/mol. The van der Waals surface area contributed by atoms with Gasteiger partial charge in [0.15, 0.2) is 0 Å². The lowest BCUT2D eigenvalue weighted by Gasteiger charge is -2.33. The van der Waals surface area contributed by atoms with Gasteiger partial charge in [0.25, 0.3) is 0 Å². The highest BCUT2D eigenvalue weighted by Gasteiger charge is 2.19. The van der Waals surface area contributed by atoms with Crippen molar-refractivity contribution < 1.29 is 0 Å². The molecule has 1 aliphatic rings. The minimum Gasteiger partial charge on any atom is -0.353 e. The van der Waals surface area contributed by atoms with Crippen molar-refractivity contribution in [3.8, 4) is 0 Å². The van der Waals surface area contributed by atoms with Gasteiger partial charge in [0.2, 0.25) is 5.95 Å². The molecule has 1 fully saturated rings. The molecular formula is C20H22ClN5. The molecule has 0 radical (unpaired) electrons. The molecule has 1 aromatic heterocycles. The van der Waals surface area contributed by atoms with Crippen LogP contribution in [-0.2, 0) is 0 Å². The van der Waals surface area contributed by atoms with Gasteiger partial charge < -0.3 is 15.1 Å². The largest absolute Gasteiger partial charge is 0.353 e. The molecule has 5 nitrogen and oxygen atoms in total. The first-order chi connectivity index (χ1) is 12.6. The summed E-state index contributed by atoms with van der Waals surface area (Å²) in [4.78, 5) is 14.3. The Bertz CT molecular complexity index is 935. The molecule has 0 unspecified atom stereocenters. The molecule has 0 amide bonds. The summed E-state index contributed by atoms with van der Waals surface area (Å²) in [6, 6.07) is 14.0. The van der Waals surface area contributed by atoms with E-state index in [9.17, 15) is 0 Å². The molecule has 26 heavy (non-hydrogen) atoms. The highest BCUT2D eigenvalue weighted by Crippen LogP contribution is 2.28. The second-order valence-electron chi connectivity index (χ2n) is 6.76. The molecule has 0 spiro atoms. The fourth-order valence-corrected chi connectivity index (χ4v) is 3.49. The molecule has 2 aromatic carbocycles. The Morgan fingerprint density at radius 3 is 2.54 bits per heavy atom. The van der Waals surface area contributed by atoms with Gasteiger partial charge in [-0.25, -0.2) is 4.98 Å². The highest BCUT2D eigenvalue weighted by molar-refractivity contribution is 6.30. The van der Waals surface area contributed by atoms with Crippen molar-refractivity contribution in [2.45, 2.75) is 6.92 Å². The first-order valence-electron chi connectivity index (χ1n) is 8.83. The number of nitrogens with one attached hydrogen (secondary N) is 1. The number of hydrogen-bond donors (Lipinski definition) is 1. The van der Waals surface area contributed by atoms with Crippen LogP contribution in [0, 0.1) is 6.92 Å². The van der Waals surface area contributed by atoms with E-state index in [4.69, 9.17) is 21.6 Å². The fourth-order valence-electron chi connectivity index (χ4n) is 3.26. The summed E-state index contributed by atoms with van der Waals surface area (Å²) < 4.78 is 0. The molecule has 0 atom stereocenters. The molecule has 3 aromatic rings. The summed E-state index contributed by atoms with van der Waals surface area (Å²) in [7, 11) is 2.16. The van der Waals surface area contributed by atoms with Crippen LogP contribution in [0.25, 0.3) is 10.9 Å². The van der Waals surface area contributed by atoms with Crippen molar-refractivity contribution in [3.05, 3.63) is 53.1 Å². The number of nitrogens with zero attached hydrogens (tertiary/aromatic N) is 4. The Hall–Kier alpha value is -2.37. The maximum Gasteiger partial charge on any atom is 0.229 e. The zero-order valence-electron chi connectivity index (χ0n) is 15.0. The second kappa shape index (κ2) is 7.09. The van der Waals surface area contributed by atoms with E-state index in [0.717, 1.165) is 59.2 Å². The van der Waals surface area contributed by atoms with Crippen LogP contribution in [0.2, 0.25) is 5.02 Å². The number of aromatic nitrogens is 2. The van der Waals surface area contributed by atoms with E-state index in [1.165, 1.54) is 0 Å². The van der Waals surface area contributed by atoms with Crippen LogP contribution in [-0.4, -0.2) is 48.1 Å². The van der Waals surface area contributed by atoms with Gasteiger partial charge >= 0.3 is 0 Å². The van der Waals surface area contributed by atoms with Gasteiger partial charge in [0.05, 0.1) is 5.52 Å². The van der Waals surface area contributed by atoms with E-state index >= 15 is 0 Å². The lowest BCUT2D eigenvalue weighted by Crippen LogP contribution is -2.45. The quantitative estimate of drug-likeness (QED) is 0.755. The van der Waals surface area contributed by atoms with E-state index in [2.05, 4.69) is 28.2 Å². The summed E-state index contributed by atoms with van der Waals surface area (Å²) in [5.74, 6) is 1.61. The number of piperazine rings is 1. The Labute approximate surface area is 158 Å². The van der Waals surface area contributed by atoms with Crippen LogP contribution >= 0.6 is 11.6 Å². The summed E-state index contributed by atoms with van der Waals surface area (Å²) in [6.07, 6.45) is 0. The minimum absolute atomic E-state index is 0.614. The fraction of sp³-hybridized carbons (Fsp3) is 0.300. The van der Waals surface area contributed by atoms with Crippen LogP contribution < -0.4 is 10.2 Å². The third-order valence-electron chi connectivity index (χ3n) is 4.82. The molecule has 1 N–H and O–H groups in total. The van der Waals surface area contributed by atoms with Gasteiger partial charge in [-0.05, 0) is 49.9 Å². The van der Waals surface area contributed by atoms with Crippen LogP contribution in [0.15, 0.2) is 42.5 Å². The van der Waals surface area contributed by atoms with Crippen molar-refractivity contribution in [2.75, 3.05) is 43.4 Å². The number of fused-ring (bicyclic) bond motifs is 1. The van der Waals surface area contributed by atoms with Crippen LogP contribution in [0.4, 0.5) is 17.5 Å². The van der Waals surface area contributed by atoms with Gasteiger partial charge in [-0.1, -0.05) is 23.7 Å². The molecular weight excluding hydrogens is 346 g/mol. The summed E-state index contributed by atoms with van der Waals surface area (Å²) in [5, 5.41) is 5.18. The second-order valence-corrected chi connectivity index (χ2v) is 7.20. The molecule has 1 saturated heterocycles. The average Bonchev–Trinajstić information content (AvgIpc) is 2.64. The Balaban J connectivity index is 1.73. The number of halogens is 1. The lowest BCUT2D eigenvalue weighted by atomic mass is 10.2. The number of para-hydroxylation sites is 1. The van der Waals surface area contributed by atoms with Gasteiger partial charge in [-0.3, -0.25) is 0 Å². The van der Waals surface area contributed by atoms with E-state index in [1.54, 1.807) is 0 Å². The Morgan fingerprint density at radius 2 is 1.77 bits per heavy atom. The summed E-state index contributed by atoms with van der Waals surface area (Å²) in [5.41, 5.74) is 2.98.